The topological polar surface area (TPSA) is 72.3 Å². The zero-order valence-electron chi connectivity index (χ0n) is 14.2. The van der Waals surface area contributed by atoms with Crippen LogP contribution in [0.25, 0.3) is 0 Å². The van der Waals surface area contributed by atoms with E-state index in [-0.39, 0.29) is 30.0 Å². The van der Waals surface area contributed by atoms with Gasteiger partial charge in [0.2, 0.25) is 5.91 Å². The molecule has 0 N–H and O–H groups in total. The zero-order valence-corrected chi connectivity index (χ0v) is 15.0. The number of hydrogen-bond acceptors (Lipinski definition) is 4. The quantitative estimate of drug-likeness (QED) is 0.806. The lowest BCUT2D eigenvalue weighted by Crippen LogP contribution is -2.46. The van der Waals surface area contributed by atoms with Crippen molar-refractivity contribution in [2.45, 2.75) is 25.9 Å². The van der Waals surface area contributed by atoms with Crippen LogP contribution in [0.4, 0.5) is 8.78 Å². The van der Waals surface area contributed by atoms with Crippen molar-refractivity contribution in [2.75, 3.05) is 18.1 Å². The van der Waals surface area contributed by atoms with Gasteiger partial charge in [-0.2, -0.15) is 5.10 Å². The number of carbonyl (C=O) groups is 1. The lowest BCUT2D eigenvalue weighted by molar-refractivity contribution is -0.132. The minimum Gasteiger partial charge on any atom is -0.333 e. The van der Waals surface area contributed by atoms with Crippen LogP contribution in [0.15, 0.2) is 30.6 Å². The smallest absolute Gasteiger partial charge is 0.227 e. The predicted octanol–water partition coefficient (Wildman–Crippen LogP) is 1.72. The highest BCUT2D eigenvalue weighted by molar-refractivity contribution is 7.91. The summed E-state index contributed by atoms with van der Waals surface area (Å²) >= 11 is 0. The second-order valence-corrected chi connectivity index (χ2v) is 8.49. The molecule has 9 heteroatoms. The van der Waals surface area contributed by atoms with Gasteiger partial charge in [0.25, 0.3) is 0 Å². The molecule has 140 valence electrons. The lowest BCUT2D eigenvalue weighted by Gasteiger charge is -2.35. The summed E-state index contributed by atoms with van der Waals surface area (Å²) in [7, 11) is -3.30. The van der Waals surface area contributed by atoms with E-state index in [4.69, 9.17) is 0 Å². The van der Waals surface area contributed by atoms with Gasteiger partial charge in [-0.25, -0.2) is 17.2 Å². The summed E-state index contributed by atoms with van der Waals surface area (Å²) in [6.07, 6.45) is 2.91. The summed E-state index contributed by atoms with van der Waals surface area (Å²) in [4.78, 5) is 14.1. The van der Waals surface area contributed by atoms with Gasteiger partial charge in [0.15, 0.2) is 9.84 Å². The molecular formula is C17H19F2N3O3S. The molecule has 1 saturated heterocycles. The van der Waals surface area contributed by atoms with Gasteiger partial charge in [0.05, 0.1) is 30.2 Å². The molecule has 6 nitrogen and oxygen atoms in total. The van der Waals surface area contributed by atoms with Crippen molar-refractivity contribution in [3.05, 3.63) is 53.4 Å². The largest absolute Gasteiger partial charge is 0.333 e. The molecule has 1 amide bonds. The Morgan fingerprint density at radius 2 is 2.12 bits per heavy atom. The lowest BCUT2D eigenvalue weighted by atomic mass is 10.1. The number of aromatic nitrogens is 2. The van der Waals surface area contributed by atoms with E-state index in [0.29, 0.717) is 12.1 Å². The molecule has 1 aliphatic heterocycles. The molecule has 0 spiro atoms. The van der Waals surface area contributed by atoms with E-state index < -0.39 is 33.4 Å². The van der Waals surface area contributed by atoms with E-state index in [1.165, 1.54) is 11.1 Å². The van der Waals surface area contributed by atoms with Gasteiger partial charge < -0.3 is 4.90 Å². The number of nitrogens with zero attached hydrogens (tertiary/aromatic N) is 3. The molecule has 1 atom stereocenters. The zero-order chi connectivity index (χ0) is 18.9. The van der Waals surface area contributed by atoms with Gasteiger partial charge in [-0.05, 0) is 25.1 Å². The van der Waals surface area contributed by atoms with Crippen molar-refractivity contribution >= 4 is 15.7 Å². The number of halogens is 2. The molecule has 1 aliphatic rings. The Morgan fingerprint density at radius 3 is 2.81 bits per heavy atom. The monoisotopic (exact) mass is 383 g/mol. The highest BCUT2D eigenvalue weighted by Crippen LogP contribution is 2.27. The molecule has 0 radical (unpaired) electrons. The molecule has 3 rings (SSSR count). The van der Waals surface area contributed by atoms with Gasteiger partial charge >= 0.3 is 0 Å². The summed E-state index contributed by atoms with van der Waals surface area (Å²) in [6.45, 7) is 2.52. The van der Waals surface area contributed by atoms with Crippen LogP contribution in [0.1, 0.15) is 24.1 Å². The maximum Gasteiger partial charge on any atom is 0.227 e. The van der Waals surface area contributed by atoms with Crippen molar-refractivity contribution in [1.82, 2.24) is 14.7 Å². The minimum atomic E-state index is -3.30. The number of amides is 1. The van der Waals surface area contributed by atoms with Crippen molar-refractivity contribution in [3.8, 4) is 0 Å². The van der Waals surface area contributed by atoms with Gasteiger partial charge in [0, 0.05) is 30.4 Å². The number of aryl methyl sites for hydroxylation is 1. The summed E-state index contributed by atoms with van der Waals surface area (Å²) in [5, 5.41) is 4.14. The molecule has 0 unspecified atom stereocenters. The Hall–Kier alpha value is -2.29. The van der Waals surface area contributed by atoms with E-state index in [1.54, 1.807) is 10.9 Å². The number of carbonyl (C=O) groups excluding carboxylic acids is 1. The average Bonchev–Trinajstić information content (AvgIpc) is 3.06. The standard InChI is InChI=1S/C17H19F2N3O3S/c1-2-21-10-13(9-20-21)16-11-26(24,25)6-5-22(16)17(23)8-12-7-14(18)3-4-15(12)19/h3-4,7,9-10,16H,2,5-6,8,11H2,1H3/t16-/m0/s1. The summed E-state index contributed by atoms with van der Waals surface area (Å²) in [6, 6.07) is 2.26. The Labute approximate surface area is 150 Å². The van der Waals surface area contributed by atoms with Crippen molar-refractivity contribution in [1.29, 1.82) is 0 Å². The van der Waals surface area contributed by atoms with E-state index in [9.17, 15) is 22.0 Å². The van der Waals surface area contributed by atoms with Gasteiger partial charge in [-0.15, -0.1) is 0 Å². The third kappa shape index (κ3) is 3.92. The first-order chi connectivity index (χ1) is 12.3. The van der Waals surface area contributed by atoms with Crippen LogP contribution in [0.5, 0.6) is 0 Å². The maximum absolute atomic E-state index is 13.8. The molecule has 2 heterocycles. The molecule has 0 bridgehead atoms. The molecule has 2 aromatic rings. The fraction of sp³-hybridized carbons (Fsp3) is 0.412. The Morgan fingerprint density at radius 1 is 1.35 bits per heavy atom. The van der Waals surface area contributed by atoms with Crippen molar-refractivity contribution in [3.63, 3.8) is 0 Å². The van der Waals surface area contributed by atoms with Crippen LogP contribution < -0.4 is 0 Å². The second-order valence-electron chi connectivity index (χ2n) is 6.26. The van der Waals surface area contributed by atoms with Crippen molar-refractivity contribution < 1.29 is 22.0 Å². The average molecular weight is 383 g/mol. The Kier molecular flexibility index (Phi) is 5.08. The fourth-order valence-corrected chi connectivity index (χ4v) is 4.54. The SMILES string of the molecule is CCn1cc([C@@H]2CS(=O)(=O)CCN2C(=O)Cc2cc(F)ccc2F)cn1. The molecule has 1 aromatic carbocycles. The highest BCUT2D eigenvalue weighted by Gasteiger charge is 2.35. The molecule has 0 saturated carbocycles. The normalized spacial score (nSPS) is 19.5. The molecular weight excluding hydrogens is 364 g/mol. The molecule has 1 fully saturated rings. The summed E-state index contributed by atoms with van der Waals surface area (Å²) in [5.41, 5.74) is 0.564. The maximum atomic E-state index is 13.8. The number of benzene rings is 1. The first kappa shape index (κ1) is 18.5. The summed E-state index contributed by atoms with van der Waals surface area (Å²) in [5.74, 6) is -2.10. The van der Waals surface area contributed by atoms with Gasteiger partial charge in [0.1, 0.15) is 11.6 Å². The van der Waals surface area contributed by atoms with Crippen LogP contribution in [0, 0.1) is 11.6 Å². The first-order valence-electron chi connectivity index (χ1n) is 8.25. The van der Waals surface area contributed by atoms with E-state index >= 15 is 0 Å². The van der Waals surface area contributed by atoms with E-state index in [2.05, 4.69) is 5.10 Å². The summed E-state index contributed by atoms with van der Waals surface area (Å²) < 4.78 is 53.0. The van der Waals surface area contributed by atoms with E-state index in [0.717, 1.165) is 18.2 Å². The second kappa shape index (κ2) is 7.14. The van der Waals surface area contributed by atoms with Gasteiger partial charge in [-0.3, -0.25) is 9.48 Å². The molecule has 0 aliphatic carbocycles. The minimum absolute atomic E-state index is 0.0140. The first-order valence-corrected chi connectivity index (χ1v) is 10.1. The van der Waals surface area contributed by atoms with Gasteiger partial charge in [-0.1, -0.05) is 0 Å². The van der Waals surface area contributed by atoms with Crippen molar-refractivity contribution in [2.24, 2.45) is 0 Å². The third-order valence-corrected chi connectivity index (χ3v) is 6.09. The van der Waals surface area contributed by atoms with E-state index in [1.807, 2.05) is 6.92 Å². The number of sulfone groups is 1. The third-order valence-electron chi connectivity index (χ3n) is 4.46. The van der Waals surface area contributed by atoms with Crippen LogP contribution in [0.2, 0.25) is 0 Å². The van der Waals surface area contributed by atoms with Crippen LogP contribution in [-0.4, -0.2) is 47.1 Å². The predicted molar refractivity (Wildman–Crippen MR) is 91.1 cm³/mol. The van der Waals surface area contributed by atoms with Crippen LogP contribution >= 0.6 is 0 Å². The molecule has 1 aromatic heterocycles. The number of hydrogen-bond donors (Lipinski definition) is 0. The molecule has 26 heavy (non-hydrogen) atoms. The van der Waals surface area contributed by atoms with Crippen LogP contribution in [0.3, 0.4) is 0 Å². The Bertz CT molecular complexity index is 927. The fourth-order valence-electron chi connectivity index (χ4n) is 3.05. The number of rotatable bonds is 4. The highest BCUT2D eigenvalue weighted by atomic mass is 32.2. The van der Waals surface area contributed by atoms with Crippen LogP contribution in [-0.2, 0) is 27.6 Å². The Balaban J connectivity index is 1.87.